The molecule has 0 atom stereocenters. The Kier molecular flexibility index (Phi) is 3.88. The quantitative estimate of drug-likeness (QED) is 0.786. The third-order valence-corrected chi connectivity index (χ3v) is 4.27. The third-order valence-electron chi connectivity index (χ3n) is 4.27. The molecule has 1 saturated heterocycles. The molecule has 0 radical (unpaired) electrons. The van der Waals surface area contributed by atoms with Crippen LogP contribution >= 0.6 is 0 Å². The fourth-order valence-corrected chi connectivity index (χ4v) is 3.01. The SMILES string of the molecule is Cc1ccc(-c2cc(CN3CCCC3)ccc2C)cc1. The summed E-state index contributed by atoms with van der Waals surface area (Å²) in [5, 5.41) is 0. The summed E-state index contributed by atoms with van der Waals surface area (Å²) in [5.74, 6) is 0. The number of hydrogen-bond acceptors (Lipinski definition) is 1. The van der Waals surface area contributed by atoms with Gasteiger partial charge in [-0.15, -0.1) is 0 Å². The van der Waals surface area contributed by atoms with Crippen LogP contribution in [-0.2, 0) is 6.54 Å². The first-order valence-electron chi connectivity index (χ1n) is 7.61. The molecule has 2 aromatic rings. The minimum absolute atomic E-state index is 1.10. The van der Waals surface area contributed by atoms with Crippen LogP contribution < -0.4 is 0 Å². The van der Waals surface area contributed by atoms with E-state index in [0.29, 0.717) is 0 Å². The Balaban J connectivity index is 1.87. The molecule has 0 amide bonds. The van der Waals surface area contributed by atoms with Crippen molar-refractivity contribution in [2.24, 2.45) is 0 Å². The number of hydrogen-bond donors (Lipinski definition) is 0. The molecule has 1 aliphatic heterocycles. The fourth-order valence-electron chi connectivity index (χ4n) is 3.01. The minimum Gasteiger partial charge on any atom is -0.299 e. The molecule has 20 heavy (non-hydrogen) atoms. The number of aryl methyl sites for hydroxylation is 2. The van der Waals surface area contributed by atoms with Crippen LogP contribution in [0.1, 0.15) is 29.5 Å². The molecule has 1 aliphatic rings. The van der Waals surface area contributed by atoms with Crippen molar-refractivity contribution >= 4 is 0 Å². The van der Waals surface area contributed by atoms with Crippen LogP contribution in [0, 0.1) is 13.8 Å². The van der Waals surface area contributed by atoms with E-state index in [1.807, 2.05) is 0 Å². The molecule has 1 heteroatoms. The van der Waals surface area contributed by atoms with Gasteiger partial charge in [-0.1, -0.05) is 42.0 Å². The van der Waals surface area contributed by atoms with Crippen molar-refractivity contribution in [3.8, 4) is 11.1 Å². The lowest BCUT2D eigenvalue weighted by Crippen LogP contribution is -2.18. The van der Waals surface area contributed by atoms with Crippen molar-refractivity contribution in [1.82, 2.24) is 4.90 Å². The van der Waals surface area contributed by atoms with Crippen LogP contribution in [-0.4, -0.2) is 18.0 Å². The van der Waals surface area contributed by atoms with E-state index in [1.165, 1.54) is 53.7 Å². The van der Waals surface area contributed by atoms with Gasteiger partial charge in [-0.25, -0.2) is 0 Å². The first-order chi connectivity index (χ1) is 9.72. The third kappa shape index (κ3) is 2.94. The van der Waals surface area contributed by atoms with Gasteiger partial charge in [-0.2, -0.15) is 0 Å². The van der Waals surface area contributed by atoms with E-state index in [0.717, 1.165) is 6.54 Å². The van der Waals surface area contributed by atoms with Gasteiger partial charge in [0, 0.05) is 6.54 Å². The highest BCUT2D eigenvalue weighted by Gasteiger charge is 2.12. The van der Waals surface area contributed by atoms with Crippen molar-refractivity contribution in [1.29, 1.82) is 0 Å². The highest BCUT2D eigenvalue weighted by atomic mass is 15.1. The molecule has 2 aromatic carbocycles. The summed E-state index contributed by atoms with van der Waals surface area (Å²) in [6, 6.07) is 15.8. The van der Waals surface area contributed by atoms with Crippen molar-refractivity contribution in [2.45, 2.75) is 33.2 Å². The van der Waals surface area contributed by atoms with Gasteiger partial charge < -0.3 is 0 Å². The molecular formula is C19H23N. The van der Waals surface area contributed by atoms with E-state index < -0.39 is 0 Å². The average molecular weight is 265 g/mol. The molecule has 0 saturated carbocycles. The zero-order valence-electron chi connectivity index (χ0n) is 12.5. The highest BCUT2D eigenvalue weighted by Crippen LogP contribution is 2.26. The van der Waals surface area contributed by atoms with E-state index in [1.54, 1.807) is 0 Å². The molecule has 0 unspecified atom stereocenters. The van der Waals surface area contributed by atoms with Gasteiger partial charge in [0.2, 0.25) is 0 Å². The van der Waals surface area contributed by atoms with Crippen molar-refractivity contribution in [3.05, 3.63) is 59.2 Å². The van der Waals surface area contributed by atoms with Crippen LogP contribution in [0.3, 0.4) is 0 Å². The molecule has 1 heterocycles. The summed E-state index contributed by atoms with van der Waals surface area (Å²) in [6.45, 7) is 7.95. The number of rotatable bonds is 3. The summed E-state index contributed by atoms with van der Waals surface area (Å²) < 4.78 is 0. The molecule has 0 bridgehead atoms. The van der Waals surface area contributed by atoms with Gasteiger partial charge in [0.1, 0.15) is 0 Å². The zero-order chi connectivity index (χ0) is 13.9. The first kappa shape index (κ1) is 13.4. The van der Waals surface area contributed by atoms with E-state index in [9.17, 15) is 0 Å². The second kappa shape index (κ2) is 5.80. The molecule has 104 valence electrons. The molecular weight excluding hydrogens is 242 g/mol. The number of benzene rings is 2. The second-order valence-corrected chi connectivity index (χ2v) is 6.00. The summed E-state index contributed by atoms with van der Waals surface area (Å²) in [7, 11) is 0. The minimum atomic E-state index is 1.10. The van der Waals surface area contributed by atoms with Crippen molar-refractivity contribution in [2.75, 3.05) is 13.1 Å². The standard InChI is InChI=1S/C19H23N/c1-15-5-9-18(10-6-15)19-13-17(8-7-16(19)2)14-20-11-3-4-12-20/h5-10,13H,3-4,11-12,14H2,1-2H3. The van der Waals surface area contributed by atoms with Crippen LogP contribution in [0.5, 0.6) is 0 Å². The molecule has 0 spiro atoms. The maximum absolute atomic E-state index is 2.56. The van der Waals surface area contributed by atoms with Gasteiger partial charge in [0.15, 0.2) is 0 Å². The predicted molar refractivity (Wildman–Crippen MR) is 85.9 cm³/mol. The Morgan fingerprint density at radius 1 is 0.900 bits per heavy atom. The maximum Gasteiger partial charge on any atom is 0.0233 e. The Morgan fingerprint density at radius 2 is 1.60 bits per heavy atom. The topological polar surface area (TPSA) is 3.24 Å². The van der Waals surface area contributed by atoms with Crippen LogP contribution in [0.15, 0.2) is 42.5 Å². The summed E-state index contributed by atoms with van der Waals surface area (Å²) in [5.41, 5.74) is 6.82. The normalized spacial score (nSPS) is 15.7. The van der Waals surface area contributed by atoms with Crippen LogP contribution in [0.2, 0.25) is 0 Å². The largest absolute Gasteiger partial charge is 0.299 e. The van der Waals surface area contributed by atoms with Gasteiger partial charge in [0.25, 0.3) is 0 Å². The first-order valence-corrected chi connectivity index (χ1v) is 7.61. The zero-order valence-corrected chi connectivity index (χ0v) is 12.5. The molecule has 0 aliphatic carbocycles. The monoisotopic (exact) mass is 265 g/mol. The molecule has 0 N–H and O–H groups in total. The van der Waals surface area contributed by atoms with Crippen LogP contribution in [0.25, 0.3) is 11.1 Å². The summed E-state index contributed by atoms with van der Waals surface area (Å²) in [4.78, 5) is 2.56. The smallest absolute Gasteiger partial charge is 0.0233 e. The lowest BCUT2D eigenvalue weighted by atomic mass is 9.97. The van der Waals surface area contributed by atoms with E-state index in [4.69, 9.17) is 0 Å². The average Bonchev–Trinajstić information content (AvgIpc) is 2.95. The molecule has 3 rings (SSSR count). The molecule has 1 fully saturated rings. The maximum atomic E-state index is 2.56. The molecule has 0 aromatic heterocycles. The Morgan fingerprint density at radius 3 is 2.30 bits per heavy atom. The summed E-state index contributed by atoms with van der Waals surface area (Å²) >= 11 is 0. The molecule has 1 nitrogen and oxygen atoms in total. The summed E-state index contributed by atoms with van der Waals surface area (Å²) in [6.07, 6.45) is 2.72. The Hall–Kier alpha value is -1.60. The highest BCUT2D eigenvalue weighted by molar-refractivity contribution is 5.68. The van der Waals surface area contributed by atoms with Crippen molar-refractivity contribution < 1.29 is 0 Å². The van der Waals surface area contributed by atoms with Crippen molar-refractivity contribution in [3.63, 3.8) is 0 Å². The Labute approximate surface area is 122 Å². The van der Waals surface area contributed by atoms with Gasteiger partial charge in [0.05, 0.1) is 0 Å². The van der Waals surface area contributed by atoms with Crippen LogP contribution in [0.4, 0.5) is 0 Å². The van der Waals surface area contributed by atoms with Gasteiger partial charge in [-0.3, -0.25) is 4.90 Å². The van der Waals surface area contributed by atoms with E-state index >= 15 is 0 Å². The number of nitrogens with zero attached hydrogens (tertiary/aromatic N) is 1. The van der Waals surface area contributed by atoms with E-state index in [2.05, 4.69) is 61.2 Å². The lowest BCUT2D eigenvalue weighted by Gasteiger charge is -2.16. The Bertz CT molecular complexity index is 577. The fraction of sp³-hybridized carbons (Fsp3) is 0.368. The van der Waals surface area contributed by atoms with Gasteiger partial charge >= 0.3 is 0 Å². The number of likely N-dealkylation sites (tertiary alicyclic amines) is 1. The van der Waals surface area contributed by atoms with Gasteiger partial charge in [-0.05, 0) is 68.1 Å². The lowest BCUT2D eigenvalue weighted by molar-refractivity contribution is 0.331. The second-order valence-electron chi connectivity index (χ2n) is 6.00. The predicted octanol–water partition coefficient (Wildman–Crippen LogP) is 4.57. The van der Waals surface area contributed by atoms with E-state index in [-0.39, 0.29) is 0 Å².